The first-order chi connectivity index (χ1) is 7.45. The molecular weight excluding hydrogens is 259 g/mol. The summed E-state index contributed by atoms with van der Waals surface area (Å²) < 4.78 is 37.8. The molecule has 0 saturated carbocycles. The van der Waals surface area contributed by atoms with Crippen LogP contribution in [0.4, 0.5) is 13.2 Å². The van der Waals surface area contributed by atoms with Crippen LogP contribution < -0.4 is 0 Å². The highest BCUT2D eigenvalue weighted by atomic mass is 35.5. The second kappa shape index (κ2) is 5.77. The van der Waals surface area contributed by atoms with Gasteiger partial charge in [-0.3, -0.25) is 0 Å². The fraction of sp³-hybridized carbons (Fsp3) is 0.500. The maximum absolute atomic E-state index is 12.6. The number of hydrogen-bond acceptors (Lipinski definition) is 2. The standard InChI is InChI=1S/C10H11ClF3NS/c1-7(4-5-11)16-9-8(10(12,13)14)3-2-6-15-9/h2-3,6-7H,4-5H2,1H3. The van der Waals surface area contributed by atoms with Gasteiger partial charge in [-0.15, -0.1) is 23.4 Å². The predicted molar refractivity (Wildman–Crippen MR) is 59.9 cm³/mol. The minimum absolute atomic E-state index is 0.0209. The third-order valence-corrected chi connectivity index (χ3v) is 3.31. The van der Waals surface area contributed by atoms with Gasteiger partial charge in [0.2, 0.25) is 0 Å². The van der Waals surface area contributed by atoms with E-state index in [0.29, 0.717) is 12.3 Å². The maximum atomic E-state index is 12.6. The Labute approximate surface area is 101 Å². The van der Waals surface area contributed by atoms with Crippen LogP contribution in [0.3, 0.4) is 0 Å². The zero-order chi connectivity index (χ0) is 12.2. The normalized spacial score (nSPS) is 13.8. The van der Waals surface area contributed by atoms with Gasteiger partial charge in [-0.05, 0) is 18.6 Å². The molecule has 0 aliphatic carbocycles. The number of hydrogen-bond donors (Lipinski definition) is 0. The molecule has 1 unspecified atom stereocenters. The lowest BCUT2D eigenvalue weighted by atomic mass is 10.3. The van der Waals surface area contributed by atoms with Crippen LogP contribution in [0.2, 0.25) is 0 Å². The quantitative estimate of drug-likeness (QED) is 0.600. The van der Waals surface area contributed by atoms with E-state index in [1.807, 2.05) is 6.92 Å². The van der Waals surface area contributed by atoms with Gasteiger partial charge in [0.05, 0.1) is 5.56 Å². The smallest absolute Gasteiger partial charge is 0.249 e. The highest BCUT2D eigenvalue weighted by Gasteiger charge is 2.34. The molecular formula is C10H11ClF3NS. The second-order valence-corrected chi connectivity index (χ2v) is 5.07. The van der Waals surface area contributed by atoms with E-state index in [1.54, 1.807) is 0 Å². The number of nitrogens with zero attached hydrogens (tertiary/aromatic N) is 1. The molecule has 1 aromatic rings. The third-order valence-electron chi connectivity index (χ3n) is 1.91. The number of pyridine rings is 1. The molecule has 0 radical (unpaired) electrons. The molecule has 1 aromatic heterocycles. The number of alkyl halides is 4. The van der Waals surface area contributed by atoms with Crippen molar-refractivity contribution in [1.29, 1.82) is 0 Å². The van der Waals surface area contributed by atoms with Crippen LogP contribution in [0, 0.1) is 0 Å². The summed E-state index contributed by atoms with van der Waals surface area (Å²) >= 11 is 6.64. The minimum Gasteiger partial charge on any atom is -0.249 e. The Morgan fingerprint density at radius 3 is 2.75 bits per heavy atom. The fourth-order valence-corrected chi connectivity index (χ4v) is 2.61. The van der Waals surface area contributed by atoms with Crippen LogP contribution >= 0.6 is 23.4 Å². The van der Waals surface area contributed by atoms with Gasteiger partial charge in [-0.25, -0.2) is 4.98 Å². The molecule has 0 aliphatic rings. The Bertz CT molecular complexity index is 343. The molecule has 0 aromatic carbocycles. The molecule has 16 heavy (non-hydrogen) atoms. The van der Waals surface area contributed by atoms with Gasteiger partial charge in [0.15, 0.2) is 0 Å². The van der Waals surface area contributed by atoms with Crippen LogP contribution in [0.15, 0.2) is 23.4 Å². The molecule has 0 saturated heterocycles. The summed E-state index contributed by atoms with van der Waals surface area (Å²) in [6.45, 7) is 1.84. The van der Waals surface area contributed by atoms with E-state index >= 15 is 0 Å². The van der Waals surface area contributed by atoms with Crippen molar-refractivity contribution in [2.24, 2.45) is 0 Å². The molecule has 0 spiro atoms. The Kier molecular flexibility index (Phi) is 4.92. The van der Waals surface area contributed by atoms with Gasteiger partial charge in [0.1, 0.15) is 5.03 Å². The molecule has 0 aliphatic heterocycles. The van der Waals surface area contributed by atoms with Crippen LogP contribution in [0.5, 0.6) is 0 Å². The fourth-order valence-electron chi connectivity index (χ4n) is 1.10. The molecule has 1 rings (SSSR count). The Morgan fingerprint density at radius 1 is 1.50 bits per heavy atom. The second-order valence-electron chi connectivity index (χ2n) is 3.26. The topological polar surface area (TPSA) is 12.9 Å². The van der Waals surface area contributed by atoms with E-state index in [1.165, 1.54) is 12.3 Å². The molecule has 90 valence electrons. The largest absolute Gasteiger partial charge is 0.419 e. The maximum Gasteiger partial charge on any atom is 0.419 e. The van der Waals surface area contributed by atoms with Crippen LogP contribution in [-0.2, 0) is 6.18 Å². The minimum atomic E-state index is -4.35. The first kappa shape index (κ1) is 13.6. The van der Waals surface area contributed by atoms with Crippen molar-refractivity contribution < 1.29 is 13.2 Å². The lowest BCUT2D eigenvalue weighted by Gasteiger charge is -2.14. The third kappa shape index (κ3) is 3.87. The lowest BCUT2D eigenvalue weighted by molar-refractivity contribution is -0.140. The van der Waals surface area contributed by atoms with Crippen LogP contribution in [0.1, 0.15) is 18.9 Å². The van der Waals surface area contributed by atoms with Gasteiger partial charge < -0.3 is 0 Å². The molecule has 1 heterocycles. The van der Waals surface area contributed by atoms with Crippen molar-refractivity contribution in [3.8, 4) is 0 Å². The van der Waals surface area contributed by atoms with E-state index < -0.39 is 11.7 Å². The number of halogens is 4. The van der Waals surface area contributed by atoms with E-state index in [2.05, 4.69) is 4.98 Å². The van der Waals surface area contributed by atoms with Crippen LogP contribution in [0.25, 0.3) is 0 Å². The summed E-state index contributed by atoms with van der Waals surface area (Å²) in [7, 11) is 0. The van der Waals surface area contributed by atoms with Gasteiger partial charge >= 0.3 is 6.18 Å². The summed E-state index contributed by atoms with van der Waals surface area (Å²) in [5.74, 6) is 0.433. The predicted octanol–water partition coefficient (Wildman–Crippen LogP) is 4.21. The number of aromatic nitrogens is 1. The SMILES string of the molecule is CC(CCCl)Sc1ncccc1C(F)(F)F. The zero-order valence-corrected chi connectivity index (χ0v) is 10.2. The Balaban J connectivity index is 2.87. The molecule has 0 N–H and O–H groups in total. The van der Waals surface area contributed by atoms with Crippen molar-refractivity contribution in [2.45, 2.75) is 29.8 Å². The van der Waals surface area contributed by atoms with Gasteiger partial charge in [-0.1, -0.05) is 6.92 Å². The van der Waals surface area contributed by atoms with Crippen molar-refractivity contribution in [1.82, 2.24) is 4.98 Å². The van der Waals surface area contributed by atoms with E-state index in [9.17, 15) is 13.2 Å². The molecule has 1 atom stereocenters. The molecule has 0 amide bonds. The molecule has 0 fully saturated rings. The first-order valence-electron chi connectivity index (χ1n) is 4.70. The number of rotatable bonds is 4. The monoisotopic (exact) mass is 269 g/mol. The highest BCUT2D eigenvalue weighted by molar-refractivity contribution is 7.99. The Morgan fingerprint density at radius 2 is 2.19 bits per heavy atom. The van der Waals surface area contributed by atoms with Crippen molar-refractivity contribution in [3.05, 3.63) is 23.9 Å². The average molecular weight is 270 g/mol. The summed E-state index contributed by atoms with van der Waals surface area (Å²) in [5.41, 5.74) is -0.679. The van der Waals surface area contributed by atoms with Gasteiger partial charge in [-0.2, -0.15) is 13.2 Å². The molecule has 6 heteroatoms. The summed E-state index contributed by atoms with van der Waals surface area (Å²) in [5, 5.41) is 0.0427. The highest BCUT2D eigenvalue weighted by Crippen LogP contribution is 2.37. The van der Waals surface area contributed by atoms with Gasteiger partial charge in [0, 0.05) is 17.3 Å². The van der Waals surface area contributed by atoms with E-state index in [4.69, 9.17) is 11.6 Å². The summed E-state index contributed by atoms with van der Waals surface area (Å²) in [6, 6.07) is 2.34. The first-order valence-corrected chi connectivity index (χ1v) is 6.11. The molecule has 1 nitrogen and oxygen atoms in total. The molecule has 0 bridgehead atoms. The summed E-state index contributed by atoms with van der Waals surface area (Å²) in [6.07, 6.45) is -2.33. The van der Waals surface area contributed by atoms with Crippen molar-refractivity contribution >= 4 is 23.4 Å². The van der Waals surface area contributed by atoms with Crippen LogP contribution in [-0.4, -0.2) is 16.1 Å². The summed E-state index contributed by atoms with van der Waals surface area (Å²) in [4.78, 5) is 3.77. The Hall–Kier alpha value is -0.420. The van der Waals surface area contributed by atoms with E-state index in [0.717, 1.165) is 17.8 Å². The number of thioether (sulfide) groups is 1. The van der Waals surface area contributed by atoms with Crippen molar-refractivity contribution in [3.63, 3.8) is 0 Å². The van der Waals surface area contributed by atoms with Gasteiger partial charge in [0.25, 0.3) is 0 Å². The van der Waals surface area contributed by atoms with E-state index in [-0.39, 0.29) is 10.3 Å². The van der Waals surface area contributed by atoms with Crippen molar-refractivity contribution in [2.75, 3.05) is 5.88 Å². The zero-order valence-electron chi connectivity index (χ0n) is 8.59. The lowest BCUT2D eigenvalue weighted by Crippen LogP contribution is -2.09. The average Bonchev–Trinajstić information content (AvgIpc) is 2.17.